The fourth-order valence-corrected chi connectivity index (χ4v) is 3.56. The molecule has 1 aliphatic rings. The second kappa shape index (κ2) is 10.2. The Kier molecular flexibility index (Phi) is 6.89. The average molecular weight is 479 g/mol. The molecule has 0 fully saturated rings. The third kappa shape index (κ3) is 5.24. The molecule has 1 aliphatic heterocycles. The molecule has 1 N–H and O–H groups in total. The van der Waals surface area contributed by atoms with Crippen molar-refractivity contribution in [1.82, 2.24) is 0 Å². The number of benzene rings is 3. The molecule has 0 aliphatic carbocycles. The standard InChI is InChI=1S/C25H19ClN2O6/c26-17-10-11-19(18(12-17)25(32)16-6-2-1-3-7-16)27-22(29)14-34-24(31)13-28-20-8-4-5-9-21(20)33-15-23(28)30/h1-12H,13-15H2,(H,27,29). The Balaban J connectivity index is 1.39. The first-order valence-electron chi connectivity index (χ1n) is 10.3. The van der Waals surface area contributed by atoms with Crippen LogP contribution in [0.5, 0.6) is 5.75 Å². The molecule has 3 aromatic carbocycles. The van der Waals surface area contributed by atoms with Crippen LogP contribution in [-0.4, -0.2) is 43.3 Å². The maximum atomic E-state index is 12.9. The molecule has 0 spiro atoms. The van der Waals surface area contributed by atoms with Gasteiger partial charge in [-0.05, 0) is 30.3 Å². The van der Waals surface area contributed by atoms with E-state index in [1.807, 2.05) is 0 Å². The Bertz CT molecular complexity index is 1260. The zero-order chi connectivity index (χ0) is 24.1. The monoisotopic (exact) mass is 478 g/mol. The molecule has 0 radical (unpaired) electrons. The van der Waals surface area contributed by atoms with Gasteiger partial charge in [0.1, 0.15) is 12.3 Å². The number of amides is 2. The second-order valence-corrected chi connectivity index (χ2v) is 7.77. The lowest BCUT2D eigenvalue weighted by atomic mass is 10.0. The SMILES string of the molecule is O=C(COC(=O)CN1C(=O)COc2ccccc21)Nc1ccc(Cl)cc1C(=O)c1ccccc1. The van der Waals surface area contributed by atoms with Crippen molar-refractivity contribution >= 4 is 46.5 Å². The van der Waals surface area contributed by atoms with E-state index in [0.29, 0.717) is 22.0 Å². The molecule has 0 unspecified atom stereocenters. The quantitative estimate of drug-likeness (QED) is 0.412. The van der Waals surface area contributed by atoms with E-state index in [0.717, 1.165) is 0 Å². The van der Waals surface area contributed by atoms with E-state index < -0.39 is 24.4 Å². The first-order chi connectivity index (χ1) is 16.4. The number of anilines is 2. The lowest BCUT2D eigenvalue weighted by Gasteiger charge is -2.28. The molecule has 0 saturated heterocycles. The molecule has 172 valence electrons. The molecule has 0 aromatic heterocycles. The highest BCUT2D eigenvalue weighted by Gasteiger charge is 2.27. The van der Waals surface area contributed by atoms with Crippen LogP contribution in [0.2, 0.25) is 5.02 Å². The van der Waals surface area contributed by atoms with Gasteiger partial charge >= 0.3 is 5.97 Å². The predicted molar refractivity (Wildman–Crippen MR) is 125 cm³/mol. The number of esters is 1. The van der Waals surface area contributed by atoms with Crippen molar-refractivity contribution in [3.05, 3.63) is 88.9 Å². The van der Waals surface area contributed by atoms with E-state index >= 15 is 0 Å². The molecule has 2 amide bonds. The third-order valence-corrected chi connectivity index (χ3v) is 5.23. The van der Waals surface area contributed by atoms with Crippen LogP contribution in [0, 0.1) is 0 Å². The minimum atomic E-state index is -0.767. The number of halogens is 1. The van der Waals surface area contributed by atoms with Crippen LogP contribution in [0.15, 0.2) is 72.8 Å². The van der Waals surface area contributed by atoms with Crippen LogP contribution in [0.25, 0.3) is 0 Å². The lowest BCUT2D eigenvalue weighted by molar-refractivity contribution is -0.146. The summed E-state index contributed by atoms with van der Waals surface area (Å²) >= 11 is 6.05. The summed E-state index contributed by atoms with van der Waals surface area (Å²) in [5.74, 6) is -1.65. The van der Waals surface area contributed by atoms with E-state index in [4.69, 9.17) is 21.1 Å². The van der Waals surface area contributed by atoms with Crippen LogP contribution in [-0.2, 0) is 19.1 Å². The minimum absolute atomic E-state index is 0.195. The van der Waals surface area contributed by atoms with E-state index in [2.05, 4.69) is 5.32 Å². The molecule has 1 heterocycles. The average Bonchev–Trinajstić information content (AvgIpc) is 2.85. The van der Waals surface area contributed by atoms with Gasteiger partial charge in [0.2, 0.25) is 0 Å². The van der Waals surface area contributed by atoms with Gasteiger partial charge in [0.15, 0.2) is 19.0 Å². The van der Waals surface area contributed by atoms with Crippen molar-refractivity contribution in [2.75, 3.05) is 30.0 Å². The summed E-state index contributed by atoms with van der Waals surface area (Å²) in [4.78, 5) is 51.1. The van der Waals surface area contributed by atoms with Gasteiger partial charge in [-0.15, -0.1) is 0 Å². The Morgan fingerprint density at radius 1 is 1.00 bits per heavy atom. The topological polar surface area (TPSA) is 102 Å². The Labute approximate surface area is 200 Å². The van der Waals surface area contributed by atoms with E-state index in [1.165, 1.54) is 23.1 Å². The molecule has 0 atom stereocenters. The minimum Gasteiger partial charge on any atom is -0.482 e. The van der Waals surface area contributed by atoms with E-state index in [-0.39, 0.29) is 30.2 Å². The van der Waals surface area contributed by atoms with Gasteiger partial charge < -0.3 is 14.8 Å². The molecule has 0 bridgehead atoms. The van der Waals surface area contributed by atoms with Gasteiger partial charge in [0.25, 0.3) is 11.8 Å². The molecular weight excluding hydrogens is 460 g/mol. The first kappa shape index (κ1) is 23.0. The summed E-state index contributed by atoms with van der Waals surface area (Å²) in [6, 6.07) is 19.9. The van der Waals surface area contributed by atoms with Gasteiger partial charge in [-0.2, -0.15) is 0 Å². The van der Waals surface area contributed by atoms with Crippen LogP contribution < -0.4 is 15.0 Å². The molecule has 34 heavy (non-hydrogen) atoms. The fourth-order valence-electron chi connectivity index (χ4n) is 3.39. The third-order valence-electron chi connectivity index (χ3n) is 5.00. The van der Waals surface area contributed by atoms with Gasteiger partial charge in [0.05, 0.1) is 11.4 Å². The number of hydrogen-bond donors (Lipinski definition) is 1. The van der Waals surface area contributed by atoms with Crippen molar-refractivity contribution in [3.63, 3.8) is 0 Å². The van der Waals surface area contributed by atoms with E-state index in [1.54, 1.807) is 54.6 Å². The maximum absolute atomic E-state index is 12.9. The Morgan fingerprint density at radius 2 is 1.74 bits per heavy atom. The molecule has 4 rings (SSSR count). The number of ketones is 1. The molecule has 9 heteroatoms. The van der Waals surface area contributed by atoms with Crippen molar-refractivity contribution in [2.24, 2.45) is 0 Å². The summed E-state index contributed by atoms with van der Waals surface area (Å²) in [5, 5.41) is 2.91. The summed E-state index contributed by atoms with van der Waals surface area (Å²) in [6.45, 7) is -1.16. The number of carbonyl (C=O) groups is 4. The second-order valence-electron chi connectivity index (χ2n) is 7.33. The summed E-state index contributed by atoms with van der Waals surface area (Å²) in [7, 11) is 0. The maximum Gasteiger partial charge on any atom is 0.326 e. The van der Waals surface area contributed by atoms with Crippen molar-refractivity contribution < 1.29 is 28.7 Å². The molecular formula is C25H19ClN2O6. The summed E-state index contributed by atoms with van der Waals surface area (Å²) < 4.78 is 10.4. The molecule has 8 nitrogen and oxygen atoms in total. The zero-order valence-electron chi connectivity index (χ0n) is 17.8. The zero-order valence-corrected chi connectivity index (χ0v) is 18.6. The summed E-state index contributed by atoms with van der Waals surface area (Å²) in [6.07, 6.45) is 0. The number of carbonyl (C=O) groups excluding carboxylic acids is 4. The Morgan fingerprint density at radius 3 is 2.53 bits per heavy atom. The van der Waals surface area contributed by atoms with Crippen LogP contribution in [0.4, 0.5) is 11.4 Å². The lowest BCUT2D eigenvalue weighted by Crippen LogP contribution is -2.42. The van der Waals surface area contributed by atoms with Gasteiger partial charge in [-0.25, -0.2) is 0 Å². The number of rotatable bonds is 7. The highest BCUT2D eigenvalue weighted by atomic mass is 35.5. The molecule has 3 aromatic rings. The van der Waals surface area contributed by atoms with Crippen molar-refractivity contribution in [2.45, 2.75) is 0 Å². The van der Waals surface area contributed by atoms with Crippen LogP contribution >= 0.6 is 11.6 Å². The molecule has 0 saturated carbocycles. The number of para-hydroxylation sites is 2. The first-order valence-corrected chi connectivity index (χ1v) is 10.7. The predicted octanol–water partition coefficient (Wildman–Crippen LogP) is 3.48. The Hall–Kier alpha value is -4.17. The number of hydrogen-bond acceptors (Lipinski definition) is 6. The normalized spacial score (nSPS) is 12.4. The fraction of sp³-hybridized carbons (Fsp3) is 0.120. The van der Waals surface area contributed by atoms with Crippen LogP contribution in [0.1, 0.15) is 15.9 Å². The number of ether oxygens (including phenoxy) is 2. The summed E-state index contributed by atoms with van der Waals surface area (Å²) in [5.41, 5.74) is 1.32. The van der Waals surface area contributed by atoms with Gasteiger partial charge in [-0.3, -0.25) is 24.1 Å². The van der Waals surface area contributed by atoms with Gasteiger partial charge in [0, 0.05) is 16.1 Å². The van der Waals surface area contributed by atoms with Gasteiger partial charge in [-0.1, -0.05) is 54.1 Å². The van der Waals surface area contributed by atoms with Crippen molar-refractivity contribution in [3.8, 4) is 5.75 Å². The number of nitrogens with one attached hydrogen (secondary N) is 1. The van der Waals surface area contributed by atoms with E-state index in [9.17, 15) is 19.2 Å². The van der Waals surface area contributed by atoms with Crippen LogP contribution in [0.3, 0.4) is 0 Å². The largest absolute Gasteiger partial charge is 0.482 e. The van der Waals surface area contributed by atoms with Crippen molar-refractivity contribution in [1.29, 1.82) is 0 Å². The number of nitrogens with zero attached hydrogens (tertiary/aromatic N) is 1. The highest BCUT2D eigenvalue weighted by Crippen LogP contribution is 2.31. The number of fused-ring (bicyclic) bond motifs is 1. The highest BCUT2D eigenvalue weighted by molar-refractivity contribution is 6.31. The smallest absolute Gasteiger partial charge is 0.326 e.